The molecule has 0 aliphatic carbocycles. The molecule has 3 nitrogen and oxygen atoms in total. The number of carbonyl (C=O) groups is 1. The number of hydrogen-bond donors (Lipinski definition) is 0. The van der Waals surface area contributed by atoms with Gasteiger partial charge in [-0.25, -0.2) is 0 Å². The molecular formula is C13H20N2OS. The number of nitrogens with zero attached hydrogens (tertiary/aromatic N) is 2. The molecule has 0 radical (unpaired) electrons. The summed E-state index contributed by atoms with van der Waals surface area (Å²) in [5.41, 5.74) is 0. The molecule has 0 unspecified atom stereocenters. The first-order valence-electron chi connectivity index (χ1n) is 6.31. The van der Waals surface area contributed by atoms with Gasteiger partial charge >= 0.3 is 0 Å². The van der Waals surface area contributed by atoms with Crippen molar-refractivity contribution in [2.45, 2.75) is 24.5 Å². The summed E-state index contributed by atoms with van der Waals surface area (Å²) in [5.74, 6) is 6.59. The van der Waals surface area contributed by atoms with Crippen LogP contribution in [0.25, 0.3) is 0 Å². The highest BCUT2D eigenvalue weighted by atomic mass is 32.2. The summed E-state index contributed by atoms with van der Waals surface area (Å²) < 4.78 is 0. The first-order valence-corrected chi connectivity index (χ1v) is 7.59. The van der Waals surface area contributed by atoms with E-state index in [9.17, 15) is 4.79 Å². The Balaban J connectivity index is 1.71. The largest absolute Gasteiger partial charge is 0.331 e. The monoisotopic (exact) mass is 252 g/mol. The number of amides is 1. The normalized spacial score (nSPS) is 25.1. The van der Waals surface area contributed by atoms with E-state index in [1.54, 1.807) is 11.8 Å². The van der Waals surface area contributed by atoms with E-state index in [2.05, 4.69) is 16.7 Å². The van der Waals surface area contributed by atoms with Crippen molar-refractivity contribution >= 4 is 17.7 Å². The summed E-state index contributed by atoms with van der Waals surface area (Å²) in [6, 6.07) is 0. The van der Waals surface area contributed by atoms with E-state index in [-0.39, 0.29) is 11.2 Å². The Kier molecular flexibility index (Phi) is 4.75. The molecule has 2 heterocycles. The summed E-state index contributed by atoms with van der Waals surface area (Å²) in [6.45, 7) is 4.73. The van der Waals surface area contributed by atoms with Gasteiger partial charge in [-0.05, 0) is 38.6 Å². The van der Waals surface area contributed by atoms with Gasteiger partial charge in [-0.2, -0.15) is 11.8 Å². The average molecular weight is 252 g/mol. The van der Waals surface area contributed by atoms with Gasteiger partial charge in [0.25, 0.3) is 0 Å². The topological polar surface area (TPSA) is 23.6 Å². The zero-order valence-electron chi connectivity index (χ0n) is 10.4. The van der Waals surface area contributed by atoms with Gasteiger partial charge in [0.1, 0.15) is 0 Å². The van der Waals surface area contributed by atoms with Crippen LogP contribution in [0.3, 0.4) is 0 Å². The van der Waals surface area contributed by atoms with Crippen LogP contribution in [-0.4, -0.2) is 59.9 Å². The van der Waals surface area contributed by atoms with E-state index >= 15 is 0 Å². The first kappa shape index (κ1) is 12.8. The summed E-state index contributed by atoms with van der Waals surface area (Å²) in [5, 5.41) is 0.176. The third-order valence-electron chi connectivity index (χ3n) is 3.43. The highest BCUT2D eigenvalue weighted by Gasteiger charge is 2.29. The zero-order valence-corrected chi connectivity index (χ0v) is 11.3. The van der Waals surface area contributed by atoms with Crippen LogP contribution in [0.1, 0.15) is 19.3 Å². The highest BCUT2D eigenvalue weighted by Crippen LogP contribution is 2.21. The number of carbonyl (C=O) groups excluding carboxylic acids is 1. The van der Waals surface area contributed by atoms with Crippen LogP contribution in [0.4, 0.5) is 0 Å². The molecule has 2 saturated heterocycles. The van der Waals surface area contributed by atoms with Crippen molar-refractivity contribution in [2.75, 3.05) is 39.0 Å². The van der Waals surface area contributed by atoms with Crippen LogP contribution in [0.2, 0.25) is 0 Å². The second-order valence-electron chi connectivity index (χ2n) is 4.61. The maximum Gasteiger partial charge on any atom is 0.236 e. The van der Waals surface area contributed by atoms with E-state index in [0.29, 0.717) is 6.54 Å². The number of likely N-dealkylation sites (tertiary alicyclic amines) is 2. The lowest BCUT2D eigenvalue weighted by atomic mass is 10.4. The van der Waals surface area contributed by atoms with Crippen molar-refractivity contribution in [1.82, 2.24) is 9.80 Å². The van der Waals surface area contributed by atoms with Crippen molar-refractivity contribution in [3.05, 3.63) is 0 Å². The molecule has 4 heteroatoms. The summed E-state index contributed by atoms with van der Waals surface area (Å²) in [7, 11) is 0. The van der Waals surface area contributed by atoms with Crippen molar-refractivity contribution in [1.29, 1.82) is 0 Å². The summed E-state index contributed by atoms with van der Waals surface area (Å²) in [4.78, 5) is 16.1. The third-order valence-corrected chi connectivity index (χ3v) is 4.44. The van der Waals surface area contributed by atoms with Gasteiger partial charge in [0, 0.05) is 6.54 Å². The lowest BCUT2D eigenvalue weighted by Gasteiger charge is -2.12. The molecule has 0 aromatic carbocycles. The molecule has 94 valence electrons. The van der Waals surface area contributed by atoms with E-state index in [0.717, 1.165) is 19.5 Å². The number of rotatable bonds is 3. The molecule has 1 atom stereocenters. The van der Waals surface area contributed by atoms with Crippen molar-refractivity contribution in [2.24, 2.45) is 0 Å². The molecule has 2 fully saturated rings. The minimum absolute atomic E-state index is 0.176. The lowest BCUT2D eigenvalue weighted by Crippen LogP contribution is -2.28. The molecule has 0 saturated carbocycles. The second-order valence-corrected chi connectivity index (χ2v) is 5.65. The van der Waals surface area contributed by atoms with E-state index < -0.39 is 0 Å². The second kappa shape index (κ2) is 6.32. The fourth-order valence-corrected chi connectivity index (χ4v) is 3.04. The summed E-state index contributed by atoms with van der Waals surface area (Å²) >= 11 is 1.66. The van der Waals surface area contributed by atoms with E-state index in [1.807, 2.05) is 11.2 Å². The summed E-state index contributed by atoms with van der Waals surface area (Å²) in [6.07, 6.45) is 5.60. The quantitative estimate of drug-likeness (QED) is 0.702. The molecule has 0 bridgehead atoms. The molecule has 1 amide bonds. The Morgan fingerprint density at radius 3 is 2.59 bits per heavy atom. The number of hydrogen-bond acceptors (Lipinski definition) is 3. The molecule has 0 aromatic heterocycles. The Morgan fingerprint density at radius 1 is 1.24 bits per heavy atom. The van der Waals surface area contributed by atoms with Crippen LogP contribution >= 0.6 is 11.8 Å². The van der Waals surface area contributed by atoms with Crippen LogP contribution in [0, 0.1) is 11.8 Å². The minimum Gasteiger partial charge on any atom is -0.331 e. The van der Waals surface area contributed by atoms with Gasteiger partial charge in [-0.1, -0.05) is 11.8 Å². The smallest absolute Gasteiger partial charge is 0.236 e. The van der Waals surface area contributed by atoms with E-state index in [1.165, 1.54) is 25.9 Å². The molecule has 2 aliphatic rings. The molecule has 17 heavy (non-hydrogen) atoms. The lowest BCUT2D eigenvalue weighted by molar-refractivity contribution is -0.126. The van der Waals surface area contributed by atoms with Gasteiger partial charge in [-0.15, -0.1) is 0 Å². The highest BCUT2D eigenvalue weighted by molar-refractivity contribution is 7.99. The Hall–Kier alpha value is -0.660. The molecular weight excluding hydrogens is 232 g/mol. The minimum atomic E-state index is 0.176. The predicted octanol–water partition coefficient (Wildman–Crippen LogP) is 1.05. The van der Waals surface area contributed by atoms with Gasteiger partial charge < -0.3 is 4.90 Å². The fraction of sp³-hybridized carbons (Fsp3) is 0.769. The molecule has 2 aliphatic heterocycles. The van der Waals surface area contributed by atoms with Crippen molar-refractivity contribution in [3.8, 4) is 11.8 Å². The van der Waals surface area contributed by atoms with E-state index in [4.69, 9.17) is 0 Å². The van der Waals surface area contributed by atoms with Gasteiger partial charge in [0.15, 0.2) is 0 Å². The molecule has 0 aromatic rings. The van der Waals surface area contributed by atoms with Gasteiger partial charge in [-0.3, -0.25) is 9.69 Å². The van der Waals surface area contributed by atoms with Crippen LogP contribution in [0.5, 0.6) is 0 Å². The van der Waals surface area contributed by atoms with Gasteiger partial charge in [0.05, 0.1) is 18.3 Å². The predicted molar refractivity (Wildman–Crippen MR) is 72.0 cm³/mol. The molecule has 0 spiro atoms. The Bertz CT molecular complexity index is 328. The van der Waals surface area contributed by atoms with Crippen molar-refractivity contribution < 1.29 is 4.79 Å². The number of thioether (sulfide) groups is 1. The van der Waals surface area contributed by atoms with Crippen LogP contribution in [-0.2, 0) is 4.79 Å². The maximum absolute atomic E-state index is 11.8. The first-order chi connectivity index (χ1) is 8.31. The van der Waals surface area contributed by atoms with Gasteiger partial charge in [0.2, 0.25) is 5.91 Å². The van der Waals surface area contributed by atoms with Crippen LogP contribution in [0.15, 0.2) is 0 Å². The standard InChI is InChI=1S/C13H20N2OS/c1-17-12-6-11-15(13(12)16)10-5-4-9-14-7-2-3-8-14/h12H,2-3,6-11H2,1H3/t12-/m0/s1. The Morgan fingerprint density at radius 2 is 1.94 bits per heavy atom. The molecule has 2 rings (SSSR count). The average Bonchev–Trinajstić information content (AvgIpc) is 2.95. The molecule has 0 N–H and O–H groups in total. The van der Waals surface area contributed by atoms with Crippen LogP contribution < -0.4 is 0 Å². The Labute approximate surface area is 108 Å². The third kappa shape index (κ3) is 3.40. The fourth-order valence-electron chi connectivity index (χ4n) is 2.35. The maximum atomic E-state index is 11.8. The van der Waals surface area contributed by atoms with Crippen molar-refractivity contribution in [3.63, 3.8) is 0 Å². The SMILES string of the molecule is CS[C@H]1CCN(CC#CCN2CCCC2)C1=O. The zero-order chi connectivity index (χ0) is 12.1.